The van der Waals surface area contributed by atoms with Gasteiger partial charge in [-0.25, -0.2) is 4.79 Å². The normalized spacial score (nSPS) is 14.8. The number of nitrogens with one attached hydrogen (secondary N) is 2. The second kappa shape index (κ2) is 7.65. The van der Waals surface area contributed by atoms with Crippen LogP contribution in [-0.4, -0.2) is 24.9 Å². The zero-order valence-corrected chi connectivity index (χ0v) is 12.4. The molecule has 0 heterocycles. The number of carbonyl (C=O) groups is 1. The van der Waals surface area contributed by atoms with Crippen molar-refractivity contribution in [3.63, 3.8) is 0 Å². The molecule has 0 saturated heterocycles. The van der Waals surface area contributed by atoms with Gasteiger partial charge >= 0.3 is 6.03 Å². The summed E-state index contributed by atoms with van der Waals surface area (Å²) in [6, 6.07) is 7.68. The van der Waals surface area contributed by atoms with Crippen molar-refractivity contribution in [2.45, 2.75) is 24.2 Å². The average Bonchev–Trinajstić information content (AvgIpc) is 2.35. The Morgan fingerprint density at radius 2 is 2.00 bits per heavy atom. The molecule has 1 aromatic rings. The molecule has 2 amide bonds. The highest BCUT2D eigenvalue weighted by molar-refractivity contribution is 7.99. The van der Waals surface area contributed by atoms with Gasteiger partial charge in [-0.05, 0) is 43.0 Å². The number of hydrogen-bond donors (Lipinski definition) is 2. The first-order chi connectivity index (χ1) is 9.24. The predicted molar refractivity (Wildman–Crippen MR) is 80.9 cm³/mol. The smallest absolute Gasteiger partial charge is 0.314 e. The molecule has 1 fully saturated rings. The minimum absolute atomic E-state index is 0.0522. The summed E-state index contributed by atoms with van der Waals surface area (Å²) in [7, 11) is 0. The number of carbonyl (C=O) groups excluding carboxylic acids is 1. The molecule has 0 bridgehead atoms. The lowest BCUT2D eigenvalue weighted by molar-refractivity contribution is 0.233. The van der Waals surface area contributed by atoms with Gasteiger partial charge < -0.3 is 10.6 Å². The molecule has 3 nitrogen and oxygen atoms in total. The van der Waals surface area contributed by atoms with Crippen LogP contribution in [0.2, 0.25) is 5.02 Å². The molecule has 2 N–H and O–H groups in total. The first-order valence-electron chi connectivity index (χ1n) is 6.64. The largest absolute Gasteiger partial charge is 0.338 e. The Morgan fingerprint density at radius 3 is 2.63 bits per heavy atom. The van der Waals surface area contributed by atoms with Gasteiger partial charge in [-0.1, -0.05) is 18.0 Å². The van der Waals surface area contributed by atoms with Crippen LogP contribution < -0.4 is 10.6 Å². The van der Waals surface area contributed by atoms with Gasteiger partial charge in [-0.15, -0.1) is 11.8 Å². The van der Waals surface area contributed by atoms with E-state index in [0.717, 1.165) is 17.3 Å². The quantitative estimate of drug-likeness (QED) is 0.623. The highest BCUT2D eigenvalue weighted by Gasteiger charge is 2.17. The van der Waals surface area contributed by atoms with E-state index in [1.54, 1.807) is 11.8 Å². The molecule has 1 aromatic carbocycles. The van der Waals surface area contributed by atoms with E-state index in [4.69, 9.17) is 11.6 Å². The number of thioether (sulfide) groups is 1. The molecule has 5 heteroatoms. The number of benzene rings is 1. The van der Waals surface area contributed by atoms with Crippen LogP contribution in [-0.2, 0) is 0 Å². The lowest BCUT2D eigenvalue weighted by Crippen LogP contribution is -2.40. The molecular weight excluding hydrogens is 280 g/mol. The fourth-order valence-corrected chi connectivity index (χ4v) is 2.76. The van der Waals surface area contributed by atoms with E-state index in [0.29, 0.717) is 12.5 Å². The monoisotopic (exact) mass is 298 g/mol. The number of amides is 2. The average molecular weight is 299 g/mol. The fraction of sp³-hybridized carbons (Fsp3) is 0.500. The van der Waals surface area contributed by atoms with E-state index < -0.39 is 0 Å². The van der Waals surface area contributed by atoms with Crippen molar-refractivity contribution in [1.29, 1.82) is 0 Å². The predicted octanol–water partition coefficient (Wildman–Crippen LogP) is 3.53. The van der Waals surface area contributed by atoms with E-state index >= 15 is 0 Å². The molecule has 19 heavy (non-hydrogen) atoms. The van der Waals surface area contributed by atoms with Crippen LogP contribution in [0.15, 0.2) is 29.2 Å². The zero-order chi connectivity index (χ0) is 13.5. The maximum Gasteiger partial charge on any atom is 0.314 e. The van der Waals surface area contributed by atoms with Gasteiger partial charge in [0.15, 0.2) is 0 Å². The molecule has 1 aliphatic carbocycles. The summed E-state index contributed by atoms with van der Waals surface area (Å²) in [5.41, 5.74) is 0. The summed E-state index contributed by atoms with van der Waals surface area (Å²) in [5, 5.41) is 6.53. The van der Waals surface area contributed by atoms with E-state index in [9.17, 15) is 4.79 Å². The van der Waals surface area contributed by atoms with Crippen molar-refractivity contribution >= 4 is 29.4 Å². The van der Waals surface area contributed by atoms with Crippen molar-refractivity contribution < 1.29 is 4.79 Å². The van der Waals surface area contributed by atoms with Crippen LogP contribution in [0.1, 0.15) is 19.3 Å². The van der Waals surface area contributed by atoms with E-state index in [1.807, 2.05) is 24.3 Å². The van der Waals surface area contributed by atoms with Crippen LogP contribution in [0.25, 0.3) is 0 Å². The Bertz CT molecular complexity index is 406. The fourth-order valence-electron chi connectivity index (χ4n) is 1.86. The van der Waals surface area contributed by atoms with Gasteiger partial charge in [0.1, 0.15) is 0 Å². The molecule has 2 rings (SSSR count). The molecule has 0 atom stereocenters. The third kappa shape index (κ3) is 5.33. The number of rotatable bonds is 6. The summed E-state index contributed by atoms with van der Waals surface area (Å²) in [6.45, 7) is 1.49. The molecule has 0 spiro atoms. The van der Waals surface area contributed by atoms with Crippen LogP contribution >= 0.6 is 23.4 Å². The Kier molecular flexibility index (Phi) is 5.86. The Hall–Kier alpha value is -0.870. The summed E-state index contributed by atoms with van der Waals surface area (Å²) in [5.74, 6) is 1.56. The summed E-state index contributed by atoms with van der Waals surface area (Å²) in [6.07, 6.45) is 3.82. The van der Waals surface area contributed by atoms with Crippen molar-refractivity contribution in [2.24, 2.45) is 5.92 Å². The van der Waals surface area contributed by atoms with Crippen LogP contribution in [0.5, 0.6) is 0 Å². The van der Waals surface area contributed by atoms with Crippen molar-refractivity contribution in [1.82, 2.24) is 10.6 Å². The molecule has 0 aliphatic heterocycles. The van der Waals surface area contributed by atoms with Crippen molar-refractivity contribution in [3.05, 3.63) is 29.3 Å². The maximum atomic E-state index is 11.5. The Labute approximate surface area is 123 Å². The first-order valence-corrected chi connectivity index (χ1v) is 8.00. The molecule has 0 unspecified atom stereocenters. The second-order valence-electron chi connectivity index (χ2n) is 4.74. The molecule has 0 radical (unpaired) electrons. The van der Waals surface area contributed by atoms with E-state index in [1.165, 1.54) is 24.2 Å². The van der Waals surface area contributed by atoms with Gasteiger partial charge in [-0.2, -0.15) is 0 Å². The van der Waals surface area contributed by atoms with Gasteiger partial charge in [0.25, 0.3) is 0 Å². The van der Waals surface area contributed by atoms with Gasteiger partial charge in [0, 0.05) is 28.8 Å². The van der Waals surface area contributed by atoms with E-state index in [-0.39, 0.29) is 6.03 Å². The zero-order valence-electron chi connectivity index (χ0n) is 10.8. The first kappa shape index (κ1) is 14.5. The maximum absolute atomic E-state index is 11.5. The highest BCUT2D eigenvalue weighted by Crippen LogP contribution is 2.25. The number of urea groups is 1. The Balaban J connectivity index is 1.53. The molecule has 1 saturated carbocycles. The summed E-state index contributed by atoms with van der Waals surface area (Å²) < 4.78 is 0. The van der Waals surface area contributed by atoms with Gasteiger partial charge in [0.05, 0.1) is 0 Å². The van der Waals surface area contributed by atoms with Crippen molar-refractivity contribution in [3.8, 4) is 0 Å². The highest BCUT2D eigenvalue weighted by atomic mass is 35.5. The van der Waals surface area contributed by atoms with Crippen LogP contribution in [0.4, 0.5) is 4.79 Å². The molecular formula is C14H19ClN2OS. The van der Waals surface area contributed by atoms with Crippen LogP contribution in [0.3, 0.4) is 0 Å². The lowest BCUT2D eigenvalue weighted by Gasteiger charge is -2.25. The number of halogens is 1. The van der Waals surface area contributed by atoms with Gasteiger partial charge in [-0.3, -0.25) is 0 Å². The van der Waals surface area contributed by atoms with Crippen LogP contribution in [0, 0.1) is 5.92 Å². The third-order valence-corrected chi connectivity index (χ3v) is 4.51. The lowest BCUT2D eigenvalue weighted by atomic mass is 9.85. The topological polar surface area (TPSA) is 41.1 Å². The second-order valence-corrected chi connectivity index (χ2v) is 6.34. The SMILES string of the molecule is O=C(NCCSc1ccc(Cl)cc1)NCC1CCC1. The number of hydrogen-bond acceptors (Lipinski definition) is 2. The van der Waals surface area contributed by atoms with Crippen molar-refractivity contribution in [2.75, 3.05) is 18.8 Å². The van der Waals surface area contributed by atoms with Gasteiger partial charge in [0.2, 0.25) is 0 Å². The van der Waals surface area contributed by atoms with E-state index in [2.05, 4.69) is 10.6 Å². The summed E-state index contributed by atoms with van der Waals surface area (Å²) >= 11 is 7.53. The summed E-state index contributed by atoms with van der Waals surface area (Å²) in [4.78, 5) is 12.7. The Morgan fingerprint density at radius 1 is 1.26 bits per heavy atom. The molecule has 104 valence electrons. The third-order valence-electron chi connectivity index (χ3n) is 3.25. The minimum atomic E-state index is -0.0522. The molecule has 1 aliphatic rings. The standard InChI is InChI=1S/C14H19ClN2OS/c15-12-4-6-13(7-5-12)19-9-8-16-14(18)17-10-11-2-1-3-11/h4-7,11H,1-3,8-10H2,(H2,16,17,18). The minimum Gasteiger partial charge on any atom is -0.338 e. The molecule has 0 aromatic heterocycles.